The van der Waals surface area contributed by atoms with Crippen molar-refractivity contribution in [2.75, 3.05) is 0 Å². The van der Waals surface area contributed by atoms with Crippen molar-refractivity contribution in [3.8, 4) is 0 Å². The third kappa shape index (κ3) is 2.84. The van der Waals surface area contributed by atoms with Gasteiger partial charge in [-0.05, 0) is 43.9 Å². The number of hydrogen-bond donors (Lipinski definition) is 1. The van der Waals surface area contributed by atoms with Crippen molar-refractivity contribution in [2.45, 2.75) is 64.5 Å². The molecule has 1 fully saturated rings. The molecule has 0 heterocycles. The second-order valence-electron chi connectivity index (χ2n) is 5.50. The molecular weight excluding hydrogens is 182 g/mol. The largest absolute Gasteiger partial charge is 0.310 e. The summed E-state index contributed by atoms with van der Waals surface area (Å²) in [5.41, 5.74) is 0. The van der Waals surface area contributed by atoms with Crippen molar-refractivity contribution >= 4 is 0 Å². The van der Waals surface area contributed by atoms with Crippen LogP contribution < -0.4 is 5.32 Å². The Bertz CT molecular complexity index is 213. The minimum absolute atomic E-state index is 0.748. The Balaban J connectivity index is 1.84. The molecule has 3 atom stereocenters. The third-order valence-corrected chi connectivity index (χ3v) is 4.23. The van der Waals surface area contributed by atoms with E-state index in [1.54, 1.807) is 0 Å². The van der Waals surface area contributed by atoms with E-state index in [0.29, 0.717) is 0 Å². The lowest BCUT2D eigenvalue weighted by Crippen LogP contribution is -2.44. The normalized spacial score (nSPS) is 37.3. The van der Waals surface area contributed by atoms with Gasteiger partial charge in [0.05, 0.1) is 0 Å². The highest BCUT2D eigenvalue weighted by Crippen LogP contribution is 2.31. The molecule has 86 valence electrons. The first-order valence-electron chi connectivity index (χ1n) is 6.70. The number of nitrogens with one attached hydrogen (secondary N) is 1. The second-order valence-corrected chi connectivity index (χ2v) is 5.50. The van der Waals surface area contributed by atoms with Gasteiger partial charge in [0, 0.05) is 12.1 Å². The Morgan fingerprint density at radius 2 is 1.93 bits per heavy atom. The average molecular weight is 207 g/mol. The lowest BCUT2D eigenvalue weighted by molar-refractivity contribution is 0.196. The molecular formula is C14H25N. The molecule has 0 aromatic heterocycles. The SMILES string of the molecule is CCC1CC(C)CCC1NC1CC=CC1. The van der Waals surface area contributed by atoms with Crippen LogP contribution in [0.15, 0.2) is 12.2 Å². The van der Waals surface area contributed by atoms with Gasteiger partial charge < -0.3 is 5.32 Å². The van der Waals surface area contributed by atoms with E-state index in [1.165, 1.54) is 38.5 Å². The summed E-state index contributed by atoms with van der Waals surface area (Å²) in [6.07, 6.45) is 12.8. The zero-order valence-electron chi connectivity index (χ0n) is 10.2. The van der Waals surface area contributed by atoms with Crippen LogP contribution in [0, 0.1) is 11.8 Å². The molecule has 1 nitrogen and oxygen atoms in total. The van der Waals surface area contributed by atoms with Crippen molar-refractivity contribution in [1.82, 2.24) is 5.32 Å². The van der Waals surface area contributed by atoms with Crippen molar-refractivity contribution in [3.63, 3.8) is 0 Å². The summed E-state index contributed by atoms with van der Waals surface area (Å²) >= 11 is 0. The van der Waals surface area contributed by atoms with E-state index < -0.39 is 0 Å². The molecule has 1 heteroatoms. The summed E-state index contributed by atoms with van der Waals surface area (Å²) in [6.45, 7) is 4.76. The lowest BCUT2D eigenvalue weighted by atomic mass is 9.77. The molecule has 0 radical (unpaired) electrons. The molecule has 0 saturated heterocycles. The summed E-state index contributed by atoms with van der Waals surface area (Å²) in [7, 11) is 0. The molecule has 2 aliphatic carbocycles. The average Bonchev–Trinajstić information content (AvgIpc) is 2.73. The first-order chi connectivity index (χ1) is 7.29. The molecule has 0 amide bonds. The molecule has 1 saturated carbocycles. The number of rotatable bonds is 3. The summed E-state index contributed by atoms with van der Waals surface area (Å²) in [5.74, 6) is 1.88. The molecule has 0 aromatic carbocycles. The zero-order chi connectivity index (χ0) is 10.7. The highest BCUT2D eigenvalue weighted by molar-refractivity contribution is 4.99. The van der Waals surface area contributed by atoms with Crippen molar-refractivity contribution < 1.29 is 0 Å². The number of hydrogen-bond acceptors (Lipinski definition) is 1. The standard InChI is InChI=1S/C14H25N/c1-3-12-10-11(2)8-9-14(12)15-13-6-4-5-7-13/h4-5,11-15H,3,6-10H2,1-2H3. The van der Waals surface area contributed by atoms with E-state index in [1.807, 2.05) is 0 Å². The smallest absolute Gasteiger partial charge is 0.0139 e. The van der Waals surface area contributed by atoms with Gasteiger partial charge in [0.25, 0.3) is 0 Å². The van der Waals surface area contributed by atoms with E-state index in [9.17, 15) is 0 Å². The van der Waals surface area contributed by atoms with E-state index in [-0.39, 0.29) is 0 Å². The molecule has 0 spiro atoms. The van der Waals surface area contributed by atoms with Gasteiger partial charge in [-0.25, -0.2) is 0 Å². The Hall–Kier alpha value is -0.300. The van der Waals surface area contributed by atoms with Crippen LogP contribution in [0.25, 0.3) is 0 Å². The van der Waals surface area contributed by atoms with Crippen LogP contribution in [0.3, 0.4) is 0 Å². The van der Waals surface area contributed by atoms with Crippen LogP contribution in [0.1, 0.15) is 52.4 Å². The van der Waals surface area contributed by atoms with Gasteiger partial charge in [0.15, 0.2) is 0 Å². The quantitative estimate of drug-likeness (QED) is 0.698. The zero-order valence-corrected chi connectivity index (χ0v) is 10.2. The van der Waals surface area contributed by atoms with Gasteiger partial charge in [-0.1, -0.05) is 32.4 Å². The summed E-state index contributed by atoms with van der Waals surface area (Å²) in [6, 6.07) is 1.55. The minimum atomic E-state index is 0.748. The Labute approximate surface area is 94.3 Å². The Kier molecular flexibility index (Phi) is 3.85. The molecule has 1 N–H and O–H groups in total. The van der Waals surface area contributed by atoms with Gasteiger partial charge in [-0.15, -0.1) is 0 Å². The van der Waals surface area contributed by atoms with Crippen molar-refractivity contribution in [3.05, 3.63) is 12.2 Å². The van der Waals surface area contributed by atoms with Crippen LogP contribution >= 0.6 is 0 Å². The third-order valence-electron chi connectivity index (χ3n) is 4.23. The van der Waals surface area contributed by atoms with E-state index >= 15 is 0 Å². The fourth-order valence-electron chi connectivity index (χ4n) is 3.23. The topological polar surface area (TPSA) is 12.0 Å². The van der Waals surface area contributed by atoms with Gasteiger partial charge >= 0.3 is 0 Å². The monoisotopic (exact) mass is 207 g/mol. The van der Waals surface area contributed by atoms with Crippen LogP contribution in [-0.2, 0) is 0 Å². The van der Waals surface area contributed by atoms with Crippen LogP contribution in [0.2, 0.25) is 0 Å². The summed E-state index contributed by atoms with van der Waals surface area (Å²) in [4.78, 5) is 0. The maximum absolute atomic E-state index is 3.88. The molecule has 0 aliphatic heterocycles. The second kappa shape index (κ2) is 5.16. The maximum Gasteiger partial charge on any atom is 0.0139 e. The molecule has 0 bridgehead atoms. The van der Waals surface area contributed by atoms with Gasteiger partial charge in [0.2, 0.25) is 0 Å². The van der Waals surface area contributed by atoms with Gasteiger partial charge in [0.1, 0.15) is 0 Å². The maximum atomic E-state index is 3.88. The minimum Gasteiger partial charge on any atom is -0.310 e. The Morgan fingerprint density at radius 1 is 1.20 bits per heavy atom. The predicted molar refractivity (Wildman–Crippen MR) is 65.9 cm³/mol. The fraction of sp³-hybridized carbons (Fsp3) is 0.857. The van der Waals surface area contributed by atoms with Crippen molar-refractivity contribution in [1.29, 1.82) is 0 Å². The molecule has 2 aliphatic rings. The molecule has 3 unspecified atom stereocenters. The molecule has 0 aromatic rings. The Morgan fingerprint density at radius 3 is 2.60 bits per heavy atom. The van der Waals surface area contributed by atoms with Crippen LogP contribution in [-0.4, -0.2) is 12.1 Å². The lowest BCUT2D eigenvalue weighted by Gasteiger charge is -2.36. The van der Waals surface area contributed by atoms with E-state index in [4.69, 9.17) is 0 Å². The predicted octanol–water partition coefficient (Wildman–Crippen LogP) is 3.51. The summed E-state index contributed by atoms with van der Waals surface area (Å²) in [5, 5.41) is 3.88. The van der Waals surface area contributed by atoms with E-state index in [2.05, 4.69) is 31.3 Å². The highest BCUT2D eigenvalue weighted by atomic mass is 15.0. The highest BCUT2D eigenvalue weighted by Gasteiger charge is 2.28. The van der Waals surface area contributed by atoms with Gasteiger partial charge in [-0.2, -0.15) is 0 Å². The van der Waals surface area contributed by atoms with Crippen LogP contribution in [0.5, 0.6) is 0 Å². The van der Waals surface area contributed by atoms with Crippen LogP contribution in [0.4, 0.5) is 0 Å². The summed E-state index contributed by atoms with van der Waals surface area (Å²) < 4.78 is 0. The fourth-order valence-corrected chi connectivity index (χ4v) is 3.23. The molecule has 15 heavy (non-hydrogen) atoms. The first-order valence-corrected chi connectivity index (χ1v) is 6.70. The van der Waals surface area contributed by atoms with E-state index in [0.717, 1.165) is 23.9 Å². The first kappa shape index (κ1) is 11.2. The van der Waals surface area contributed by atoms with Crippen molar-refractivity contribution in [2.24, 2.45) is 11.8 Å². The molecule has 2 rings (SSSR count). The van der Waals surface area contributed by atoms with Gasteiger partial charge in [-0.3, -0.25) is 0 Å².